The Hall–Kier alpha value is -5.73. The van der Waals surface area contributed by atoms with E-state index in [9.17, 15) is 33.6 Å². The van der Waals surface area contributed by atoms with Gasteiger partial charge in [0.2, 0.25) is 41.4 Å². The number of benzene rings is 2. The number of para-hydroxylation sites is 1. The first-order valence-electron chi connectivity index (χ1n) is 19.7. The molecule has 1 fully saturated rings. The smallest absolute Gasteiger partial charge is 0.243 e. The number of hydrogen-bond donors (Lipinski definition) is 8. The molecule has 2 heterocycles. The van der Waals surface area contributed by atoms with E-state index in [1.54, 1.807) is 27.0 Å². The molecule has 0 aliphatic carbocycles. The number of carbonyl (C=O) groups excluding carboxylic acids is 7. The Bertz CT molecular complexity index is 1890. The minimum absolute atomic E-state index is 0.0108. The molecular weight excluding hydrogens is 729 g/mol. The van der Waals surface area contributed by atoms with E-state index in [-0.39, 0.29) is 44.1 Å². The average molecular weight is 787 g/mol. The molecule has 308 valence electrons. The Balaban J connectivity index is 1.68. The molecule has 0 saturated carbocycles. The Labute approximate surface area is 334 Å². The van der Waals surface area contributed by atoms with Crippen molar-refractivity contribution in [2.45, 2.75) is 116 Å². The Morgan fingerprint density at radius 2 is 1.21 bits per heavy atom. The molecule has 7 atom stereocenters. The van der Waals surface area contributed by atoms with Crippen molar-refractivity contribution in [3.63, 3.8) is 0 Å². The number of rotatable bonds is 7. The van der Waals surface area contributed by atoms with Crippen molar-refractivity contribution in [1.29, 1.82) is 0 Å². The van der Waals surface area contributed by atoms with E-state index in [1.807, 2.05) is 68.4 Å². The fourth-order valence-electron chi connectivity index (χ4n) is 6.76. The summed E-state index contributed by atoms with van der Waals surface area (Å²) in [6, 6.07) is 10.2. The van der Waals surface area contributed by atoms with E-state index in [0.717, 1.165) is 22.0 Å². The number of hydrogen-bond acceptors (Lipinski definition) is 7. The van der Waals surface area contributed by atoms with Crippen LogP contribution >= 0.6 is 0 Å². The third-order valence-electron chi connectivity index (χ3n) is 10.1. The summed E-state index contributed by atoms with van der Waals surface area (Å²) in [5, 5.41) is 20.2. The Morgan fingerprint density at radius 3 is 1.89 bits per heavy atom. The first-order valence-corrected chi connectivity index (χ1v) is 19.7. The molecular formula is C42H58N8O7. The van der Waals surface area contributed by atoms with Crippen molar-refractivity contribution in [2.75, 3.05) is 6.54 Å². The molecule has 0 radical (unpaired) electrons. The molecule has 0 unspecified atom stereocenters. The highest BCUT2D eigenvalue weighted by Crippen LogP contribution is 2.21. The Kier molecular flexibility index (Phi) is 15.8. The van der Waals surface area contributed by atoms with Crippen LogP contribution in [0.25, 0.3) is 10.9 Å². The van der Waals surface area contributed by atoms with Crippen molar-refractivity contribution in [3.8, 4) is 0 Å². The molecule has 1 saturated heterocycles. The van der Waals surface area contributed by atoms with Gasteiger partial charge in [0.25, 0.3) is 0 Å². The zero-order valence-electron chi connectivity index (χ0n) is 33.9. The van der Waals surface area contributed by atoms with Gasteiger partial charge >= 0.3 is 0 Å². The van der Waals surface area contributed by atoms with Crippen molar-refractivity contribution in [3.05, 3.63) is 71.9 Å². The first kappa shape index (κ1) is 44.0. The zero-order chi connectivity index (χ0) is 41.8. The van der Waals surface area contributed by atoms with Gasteiger partial charge < -0.3 is 42.2 Å². The summed E-state index contributed by atoms with van der Waals surface area (Å²) in [6.45, 7) is 12.1. The summed E-state index contributed by atoms with van der Waals surface area (Å²) in [7, 11) is 0. The van der Waals surface area contributed by atoms with Crippen LogP contribution in [0.2, 0.25) is 0 Å². The molecule has 4 rings (SSSR count). The number of fused-ring (bicyclic) bond motifs is 1. The van der Waals surface area contributed by atoms with E-state index < -0.39 is 83.5 Å². The van der Waals surface area contributed by atoms with Crippen LogP contribution in [0.1, 0.15) is 84.8 Å². The summed E-state index contributed by atoms with van der Waals surface area (Å²) in [4.78, 5) is 98.6. The second-order valence-electron chi connectivity index (χ2n) is 15.6. The van der Waals surface area contributed by atoms with Gasteiger partial charge in [0.15, 0.2) is 0 Å². The van der Waals surface area contributed by atoms with E-state index in [0.29, 0.717) is 0 Å². The van der Waals surface area contributed by atoms with E-state index in [4.69, 9.17) is 0 Å². The van der Waals surface area contributed by atoms with Crippen molar-refractivity contribution < 1.29 is 33.6 Å². The molecule has 0 bridgehead atoms. The van der Waals surface area contributed by atoms with Gasteiger partial charge in [0.1, 0.15) is 36.3 Å². The van der Waals surface area contributed by atoms with Gasteiger partial charge in [-0.15, -0.1) is 0 Å². The number of nitrogens with one attached hydrogen (secondary N) is 8. The molecule has 57 heavy (non-hydrogen) atoms. The van der Waals surface area contributed by atoms with Crippen LogP contribution in [-0.4, -0.2) is 89.1 Å². The lowest BCUT2D eigenvalue weighted by atomic mass is 9.91. The Morgan fingerprint density at radius 1 is 0.614 bits per heavy atom. The number of carbonyl (C=O) groups is 7. The number of amides is 7. The molecule has 3 aromatic rings. The molecule has 7 amide bonds. The van der Waals surface area contributed by atoms with Crippen LogP contribution in [0.5, 0.6) is 0 Å². The summed E-state index contributed by atoms with van der Waals surface area (Å²) < 4.78 is 0. The predicted molar refractivity (Wildman–Crippen MR) is 216 cm³/mol. The van der Waals surface area contributed by atoms with E-state index in [2.05, 4.69) is 42.2 Å². The summed E-state index contributed by atoms with van der Waals surface area (Å²) in [5.41, 5.74) is 2.39. The minimum Gasteiger partial charge on any atom is -0.361 e. The fraction of sp³-hybridized carbons (Fsp3) is 0.500. The molecule has 15 heteroatoms. The molecule has 1 aromatic heterocycles. The molecule has 15 nitrogen and oxygen atoms in total. The zero-order valence-corrected chi connectivity index (χ0v) is 33.9. The van der Waals surface area contributed by atoms with Crippen molar-refractivity contribution in [2.24, 2.45) is 11.8 Å². The van der Waals surface area contributed by atoms with Crippen LogP contribution in [-0.2, 0) is 40.0 Å². The molecule has 2 aromatic carbocycles. The number of aromatic nitrogens is 1. The van der Waals surface area contributed by atoms with Gasteiger partial charge in [-0.2, -0.15) is 0 Å². The predicted octanol–water partition coefficient (Wildman–Crippen LogP) is 2.07. The first-order chi connectivity index (χ1) is 27.0. The standard InChI is InChI=1S/C42H58N8O7/c1-23(2)20-32-40(55)50-36(25(5)28-14-9-8-10-15-28)42(57)46-27(7)37(52)47-33(21-29-22-44-31-17-12-11-16-30(29)31)39(54)43-19-13-18-34(51)45-26(6)38(53)49-35(24(3)4)41(56)48-32/h8-12,14-17,22-27,32-33,35-36,44H,13,18-21H2,1-7H3,(H,43,54)(H,45,51)(H,46,57)(H,47,52)(H,48,56)(H,49,53)(H,50,55)/t25-,26-,27-,32+,33-,35-,36-/m1/s1. The van der Waals surface area contributed by atoms with Crippen LogP contribution in [0.4, 0.5) is 0 Å². The largest absolute Gasteiger partial charge is 0.361 e. The molecule has 8 N–H and O–H groups in total. The molecule has 0 spiro atoms. The maximum Gasteiger partial charge on any atom is 0.243 e. The summed E-state index contributed by atoms with van der Waals surface area (Å²) in [5.74, 6) is -5.03. The second kappa shape index (κ2) is 20.4. The quantitative estimate of drug-likeness (QED) is 0.178. The lowest BCUT2D eigenvalue weighted by molar-refractivity contribution is -0.136. The third kappa shape index (κ3) is 12.4. The minimum atomic E-state index is -1.18. The van der Waals surface area contributed by atoms with Crippen molar-refractivity contribution >= 4 is 52.3 Å². The normalized spacial score (nSPS) is 24.8. The highest BCUT2D eigenvalue weighted by Gasteiger charge is 2.35. The van der Waals surface area contributed by atoms with Gasteiger partial charge in [0, 0.05) is 42.4 Å². The van der Waals surface area contributed by atoms with Gasteiger partial charge in [0.05, 0.1) is 0 Å². The monoisotopic (exact) mass is 786 g/mol. The fourth-order valence-corrected chi connectivity index (χ4v) is 6.76. The average Bonchev–Trinajstić information content (AvgIpc) is 3.58. The van der Waals surface area contributed by atoms with Gasteiger partial charge in [-0.05, 0) is 55.7 Å². The summed E-state index contributed by atoms with van der Waals surface area (Å²) in [6.07, 6.45) is 2.35. The van der Waals surface area contributed by atoms with Crippen LogP contribution in [0.15, 0.2) is 60.8 Å². The second-order valence-corrected chi connectivity index (χ2v) is 15.6. The maximum absolute atomic E-state index is 14.1. The van der Waals surface area contributed by atoms with Crippen molar-refractivity contribution in [1.82, 2.24) is 42.2 Å². The van der Waals surface area contributed by atoms with Gasteiger partial charge in [-0.25, -0.2) is 0 Å². The van der Waals surface area contributed by atoms with Crippen LogP contribution in [0.3, 0.4) is 0 Å². The SMILES string of the molecule is CC(C)C[C@@H]1NC(=O)[C@@H](C(C)C)NC(=O)[C@@H](C)NC(=O)CCCNC(=O)[C@@H](Cc2c[nH]c3ccccc23)NC(=O)[C@@H](C)NC(=O)[C@@H]([C@H](C)c2ccccc2)NC1=O. The molecule has 1 aliphatic rings. The van der Waals surface area contributed by atoms with E-state index >= 15 is 0 Å². The van der Waals surface area contributed by atoms with Crippen LogP contribution in [0, 0.1) is 11.8 Å². The summed E-state index contributed by atoms with van der Waals surface area (Å²) >= 11 is 0. The van der Waals surface area contributed by atoms with Crippen LogP contribution < -0.4 is 37.2 Å². The third-order valence-corrected chi connectivity index (χ3v) is 10.1. The topological polar surface area (TPSA) is 219 Å². The lowest BCUT2D eigenvalue weighted by Crippen LogP contribution is -2.60. The highest BCUT2D eigenvalue weighted by molar-refractivity contribution is 5.97. The number of H-pyrrole nitrogens is 1. The van der Waals surface area contributed by atoms with Gasteiger partial charge in [-0.3, -0.25) is 33.6 Å². The van der Waals surface area contributed by atoms with Gasteiger partial charge in [-0.1, -0.05) is 83.1 Å². The highest BCUT2D eigenvalue weighted by atomic mass is 16.2. The lowest BCUT2D eigenvalue weighted by Gasteiger charge is -2.30. The maximum atomic E-state index is 14.1. The number of aromatic amines is 1. The van der Waals surface area contributed by atoms with E-state index in [1.165, 1.54) is 13.8 Å². The molecule has 1 aliphatic heterocycles.